The van der Waals surface area contributed by atoms with Gasteiger partial charge in [-0.25, -0.2) is 0 Å². The van der Waals surface area contributed by atoms with Gasteiger partial charge in [0.1, 0.15) is 0 Å². The molecule has 1 aromatic carbocycles. The molecule has 1 aromatic rings. The van der Waals surface area contributed by atoms with E-state index < -0.39 is 0 Å². The second-order valence-electron chi connectivity index (χ2n) is 5.61. The first-order valence-corrected chi connectivity index (χ1v) is 7.19. The van der Waals surface area contributed by atoms with Crippen LogP contribution in [0.2, 0.25) is 0 Å². The van der Waals surface area contributed by atoms with Crippen molar-refractivity contribution < 1.29 is 4.79 Å². The molecular weight excluding hydrogens is 236 g/mol. The van der Waals surface area contributed by atoms with Crippen molar-refractivity contribution in [3.05, 3.63) is 35.4 Å². The molecular formula is C16H24N2O. The van der Waals surface area contributed by atoms with Gasteiger partial charge < -0.3 is 10.2 Å². The summed E-state index contributed by atoms with van der Waals surface area (Å²) in [5, 5.41) is 3.05. The summed E-state index contributed by atoms with van der Waals surface area (Å²) in [5.74, 6) is 0.833. The molecule has 104 valence electrons. The summed E-state index contributed by atoms with van der Waals surface area (Å²) in [6.45, 7) is 5.15. The third-order valence-electron chi connectivity index (χ3n) is 4.07. The highest BCUT2D eigenvalue weighted by molar-refractivity contribution is 5.95. The summed E-state index contributed by atoms with van der Waals surface area (Å²) < 4.78 is 0. The molecule has 0 spiro atoms. The number of nitrogens with one attached hydrogen (secondary N) is 1. The van der Waals surface area contributed by atoms with E-state index in [1.54, 1.807) is 0 Å². The topological polar surface area (TPSA) is 32.3 Å². The van der Waals surface area contributed by atoms with Gasteiger partial charge in [0, 0.05) is 12.1 Å². The molecule has 0 aliphatic carbocycles. The lowest BCUT2D eigenvalue weighted by atomic mass is 9.94. The van der Waals surface area contributed by atoms with Gasteiger partial charge in [-0.05, 0) is 63.9 Å². The maximum Gasteiger partial charge on any atom is 0.251 e. The number of piperidine rings is 1. The van der Waals surface area contributed by atoms with Gasteiger partial charge in [0.25, 0.3) is 5.91 Å². The minimum absolute atomic E-state index is 0.0611. The number of rotatable bonds is 4. The molecule has 1 N–H and O–H groups in total. The van der Waals surface area contributed by atoms with Crippen molar-refractivity contribution in [1.29, 1.82) is 0 Å². The van der Waals surface area contributed by atoms with Crippen molar-refractivity contribution in [3.8, 4) is 0 Å². The largest absolute Gasteiger partial charge is 0.352 e. The van der Waals surface area contributed by atoms with Crippen LogP contribution in [0.15, 0.2) is 24.3 Å². The predicted molar refractivity (Wildman–Crippen MR) is 78.4 cm³/mol. The number of carbonyl (C=O) groups excluding carboxylic acids is 1. The van der Waals surface area contributed by atoms with E-state index in [-0.39, 0.29) is 5.91 Å². The van der Waals surface area contributed by atoms with Crippen molar-refractivity contribution >= 4 is 5.91 Å². The van der Waals surface area contributed by atoms with Crippen molar-refractivity contribution in [2.45, 2.75) is 26.2 Å². The zero-order chi connectivity index (χ0) is 13.7. The molecule has 1 fully saturated rings. The normalized spacial score (nSPS) is 17.4. The first-order valence-electron chi connectivity index (χ1n) is 7.19. The van der Waals surface area contributed by atoms with E-state index in [0.29, 0.717) is 0 Å². The smallest absolute Gasteiger partial charge is 0.251 e. The Morgan fingerprint density at radius 1 is 1.32 bits per heavy atom. The monoisotopic (exact) mass is 260 g/mol. The number of benzene rings is 1. The van der Waals surface area contributed by atoms with Crippen LogP contribution in [0.1, 0.15) is 35.2 Å². The van der Waals surface area contributed by atoms with Crippen molar-refractivity contribution in [3.63, 3.8) is 0 Å². The van der Waals surface area contributed by atoms with Crippen LogP contribution in [0.3, 0.4) is 0 Å². The van der Waals surface area contributed by atoms with Gasteiger partial charge in [0.2, 0.25) is 0 Å². The maximum atomic E-state index is 12.0. The number of nitrogens with zero attached hydrogens (tertiary/aromatic N) is 1. The van der Waals surface area contributed by atoms with E-state index in [2.05, 4.69) is 17.3 Å². The molecule has 0 radical (unpaired) electrons. The Kier molecular flexibility index (Phi) is 4.97. The average molecular weight is 260 g/mol. The summed E-state index contributed by atoms with van der Waals surface area (Å²) >= 11 is 0. The van der Waals surface area contributed by atoms with E-state index >= 15 is 0 Å². The zero-order valence-corrected chi connectivity index (χ0v) is 12.0. The molecule has 0 atom stereocenters. The van der Waals surface area contributed by atoms with Crippen LogP contribution < -0.4 is 5.32 Å². The Morgan fingerprint density at radius 3 is 2.68 bits per heavy atom. The Hall–Kier alpha value is -1.35. The SMILES string of the molecule is Cc1ccccc1C(=O)NCCC1CCN(C)CC1. The fraction of sp³-hybridized carbons (Fsp3) is 0.562. The summed E-state index contributed by atoms with van der Waals surface area (Å²) in [4.78, 5) is 14.4. The highest BCUT2D eigenvalue weighted by Crippen LogP contribution is 2.18. The molecule has 19 heavy (non-hydrogen) atoms. The fourth-order valence-corrected chi connectivity index (χ4v) is 2.66. The molecule has 1 saturated heterocycles. The fourth-order valence-electron chi connectivity index (χ4n) is 2.66. The van der Waals surface area contributed by atoms with Crippen LogP contribution in [0.4, 0.5) is 0 Å². The van der Waals surface area contributed by atoms with E-state index in [1.807, 2.05) is 31.2 Å². The lowest BCUT2D eigenvalue weighted by Crippen LogP contribution is -2.32. The summed E-state index contributed by atoms with van der Waals surface area (Å²) in [6, 6.07) is 7.75. The molecule has 1 aliphatic heterocycles. The third kappa shape index (κ3) is 4.06. The molecule has 3 heteroatoms. The molecule has 0 bridgehead atoms. The van der Waals surface area contributed by atoms with Gasteiger partial charge in [-0.3, -0.25) is 4.79 Å². The van der Waals surface area contributed by atoms with E-state index in [1.165, 1.54) is 25.9 Å². The predicted octanol–water partition coefficient (Wildman–Crippen LogP) is 2.46. The van der Waals surface area contributed by atoms with E-state index in [9.17, 15) is 4.79 Å². The molecule has 2 rings (SSSR count). The van der Waals surface area contributed by atoms with Crippen molar-refractivity contribution in [2.75, 3.05) is 26.7 Å². The van der Waals surface area contributed by atoms with Crippen LogP contribution in [0.25, 0.3) is 0 Å². The molecule has 0 aromatic heterocycles. The molecule has 1 heterocycles. The van der Waals surface area contributed by atoms with Crippen LogP contribution in [0.5, 0.6) is 0 Å². The Morgan fingerprint density at radius 2 is 2.00 bits per heavy atom. The van der Waals surface area contributed by atoms with E-state index in [0.717, 1.165) is 30.0 Å². The van der Waals surface area contributed by atoms with Gasteiger partial charge >= 0.3 is 0 Å². The Bertz CT molecular complexity index is 423. The van der Waals surface area contributed by atoms with Gasteiger partial charge in [0.15, 0.2) is 0 Å². The standard InChI is InChI=1S/C16H24N2O/c1-13-5-3-4-6-15(13)16(19)17-10-7-14-8-11-18(2)12-9-14/h3-6,14H,7-12H2,1-2H3,(H,17,19). The van der Waals surface area contributed by atoms with Crippen molar-refractivity contribution in [2.24, 2.45) is 5.92 Å². The lowest BCUT2D eigenvalue weighted by Gasteiger charge is -2.28. The number of amides is 1. The molecule has 1 aliphatic rings. The van der Waals surface area contributed by atoms with Gasteiger partial charge in [-0.2, -0.15) is 0 Å². The summed E-state index contributed by atoms with van der Waals surface area (Å²) in [7, 11) is 2.18. The number of aryl methyl sites for hydroxylation is 1. The van der Waals surface area contributed by atoms with Crippen LogP contribution in [-0.4, -0.2) is 37.5 Å². The zero-order valence-electron chi connectivity index (χ0n) is 12.0. The van der Waals surface area contributed by atoms with Crippen molar-refractivity contribution in [1.82, 2.24) is 10.2 Å². The summed E-state index contributed by atoms with van der Waals surface area (Å²) in [6.07, 6.45) is 3.62. The highest BCUT2D eigenvalue weighted by Gasteiger charge is 2.16. The lowest BCUT2D eigenvalue weighted by molar-refractivity contribution is 0.0948. The third-order valence-corrected chi connectivity index (χ3v) is 4.07. The average Bonchev–Trinajstić information content (AvgIpc) is 2.41. The Labute approximate surface area is 116 Å². The molecule has 3 nitrogen and oxygen atoms in total. The number of carbonyl (C=O) groups is 1. The van der Waals surface area contributed by atoms with Crippen LogP contribution >= 0.6 is 0 Å². The molecule has 0 unspecified atom stereocenters. The minimum atomic E-state index is 0.0611. The van der Waals surface area contributed by atoms with Gasteiger partial charge in [-0.1, -0.05) is 18.2 Å². The van der Waals surface area contributed by atoms with Crippen LogP contribution in [0, 0.1) is 12.8 Å². The second kappa shape index (κ2) is 6.71. The number of likely N-dealkylation sites (tertiary alicyclic amines) is 1. The van der Waals surface area contributed by atoms with Crippen LogP contribution in [-0.2, 0) is 0 Å². The molecule has 1 amide bonds. The van der Waals surface area contributed by atoms with E-state index in [4.69, 9.17) is 0 Å². The van der Waals surface area contributed by atoms with Gasteiger partial charge in [0.05, 0.1) is 0 Å². The maximum absolute atomic E-state index is 12.0. The first kappa shape index (κ1) is 14.1. The number of hydrogen-bond acceptors (Lipinski definition) is 2. The summed E-state index contributed by atoms with van der Waals surface area (Å²) in [5.41, 5.74) is 1.84. The Balaban J connectivity index is 1.74. The van der Waals surface area contributed by atoms with Gasteiger partial charge in [-0.15, -0.1) is 0 Å². The quantitative estimate of drug-likeness (QED) is 0.902. The minimum Gasteiger partial charge on any atom is -0.352 e. The second-order valence-corrected chi connectivity index (χ2v) is 5.61. The first-order chi connectivity index (χ1) is 9.16. The highest BCUT2D eigenvalue weighted by atomic mass is 16.1. The number of hydrogen-bond donors (Lipinski definition) is 1. The molecule has 0 saturated carbocycles.